The highest BCUT2D eigenvalue weighted by atomic mass is 79.9. The van der Waals surface area contributed by atoms with E-state index in [0.717, 1.165) is 0 Å². The Morgan fingerprint density at radius 2 is 2.18 bits per heavy atom. The summed E-state index contributed by atoms with van der Waals surface area (Å²) in [5, 5.41) is 7.10. The first-order valence-electron chi connectivity index (χ1n) is 4.58. The van der Waals surface area contributed by atoms with E-state index in [2.05, 4.69) is 31.1 Å². The molecule has 7 heteroatoms. The number of hydrogen-bond acceptors (Lipinski definition) is 3. The minimum absolute atomic E-state index is 0.205. The molecule has 1 aromatic carbocycles. The molecule has 0 aliphatic heterocycles. The maximum atomic E-state index is 12.1. The van der Waals surface area contributed by atoms with E-state index in [4.69, 9.17) is 23.2 Å². The van der Waals surface area contributed by atoms with Crippen LogP contribution in [0.5, 0.6) is 0 Å². The van der Waals surface area contributed by atoms with E-state index >= 15 is 0 Å². The van der Waals surface area contributed by atoms with Gasteiger partial charge in [0.25, 0.3) is 0 Å². The molecule has 17 heavy (non-hydrogen) atoms. The number of aromatic amines is 1. The van der Waals surface area contributed by atoms with Gasteiger partial charge in [-0.15, -0.1) is 0 Å². The van der Waals surface area contributed by atoms with Gasteiger partial charge in [-0.2, -0.15) is 5.10 Å². The molecule has 88 valence electrons. The monoisotopic (exact) mass is 333 g/mol. The zero-order valence-electron chi connectivity index (χ0n) is 8.32. The summed E-state index contributed by atoms with van der Waals surface area (Å²) < 4.78 is 0. The number of H-pyrrole nitrogens is 1. The van der Waals surface area contributed by atoms with E-state index in [1.54, 1.807) is 12.1 Å². The summed E-state index contributed by atoms with van der Waals surface area (Å²) >= 11 is 15.0. The predicted molar refractivity (Wildman–Crippen MR) is 68.8 cm³/mol. The number of alkyl halides is 1. The van der Waals surface area contributed by atoms with Crippen LogP contribution in [-0.2, 0) is 0 Å². The van der Waals surface area contributed by atoms with Gasteiger partial charge in [-0.25, -0.2) is 4.98 Å². The van der Waals surface area contributed by atoms with Crippen molar-refractivity contribution in [3.63, 3.8) is 0 Å². The van der Waals surface area contributed by atoms with Crippen molar-refractivity contribution in [3.8, 4) is 0 Å². The molecule has 2 aromatic rings. The number of Topliss-reactive ketones (excluding diaryl/α,β-unsaturated/α-hetero) is 1. The lowest BCUT2D eigenvalue weighted by molar-refractivity contribution is 0.0989. The summed E-state index contributed by atoms with van der Waals surface area (Å²) in [4.78, 5) is 15.4. The summed E-state index contributed by atoms with van der Waals surface area (Å²) in [5.41, 5.74) is 0.384. The van der Waals surface area contributed by atoms with Crippen LogP contribution in [0.15, 0.2) is 24.5 Å². The summed E-state index contributed by atoms with van der Waals surface area (Å²) in [5.74, 6) is 0.226. The van der Waals surface area contributed by atoms with Gasteiger partial charge >= 0.3 is 0 Å². The lowest BCUT2D eigenvalue weighted by atomic mass is 10.1. The van der Waals surface area contributed by atoms with Crippen LogP contribution >= 0.6 is 39.1 Å². The van der Waals surface area contributed by atoms with E-state index in [1.165, 1.54) is 12.4 Å². The standard InChI is InChI=1S/C10H6BrCl2N3O/c11-8(10-14-4-15-16-10)9(17)6-2-1-5(12)3-7(6)13/h1-4,8H,(H,14,15,16). The highest BCUT2D eigenvalue weighted by Crippen LogP contribution is 2.29. The Bertz CT molecular complexity index is 544. The molecule has 0 bridgehead atoms. The Labute approximate surface area is 115 Å². The van der Waals surface area contributed by atoms with E-state index in [0.29, 0.717) is 21.4 Å². The minimum atomic E-state index is -0.608. The summed E-state index contributed by atoms with van der Waals surface area (Å²) in [6, 6.07) is 4.72. The zero-order chi connectivity index (χ0) is 12.4. The van der Waals surface area contributed by atoms with Crippen LogP contribution in [0, 0.1) is 0 Å². The van der Waals surface area contributed by atoms with Crippen molar-refractivity contribution in [1.82, 2.24) is 15.2 Å². The molecule has 1 heterocycles. The van der Waals surface area contributed by atoms with E-state index < -0.39 is 4.83 Å². The number of rotatable bonds is 3. The Hall–Kier alpha value is -0.910. The van der Waals surface area contributed by atoms with Crippen LogP contribution in [-0.4, -0.2) is 21.0 Å². The molecule has 0 aliphatic carbocycles. The molecular weight excluding hydrogens is 329 g/mol. The highest BCUT2D eigenvalue weighted by Gasteiger charge is 2.23. The van der Waals surface area contributed by atoms with Crippen LogP contribution < -0.4 is 0 Å². The highest BCUT2D eigenvalue weighted by molar-refractivity contribution is 9.09. The number of hydrogen-bond donors (Lipinski definition) is 1. The lowest BCUT2D eigenvalue weighted by Crippen LogP contribution is -2.09. The molecule has 1 atom stereocenters. The Kier molecular flexibility index (Phi) is 3.81. The van der Waals surface area contributed by atoms with Crippen LogP contribution in [0.25, 0.3) is 0 Å². The van der Waals surface area contributed by atoms with Crippen molar-refractivity contribution in [2.24, 2.45) is 0 Å². The van der Waals surface area contributed by atoms with E-state index in [9.17, 15) is 4.79 Å². The molecule has 0 saturated heterocycles. The van der Waals surface area contributed by atoms with Gasteiger partial charge < -0.3 is 0 Å². The van der Waals surface area contributed by atoms with Crippen LogP contribution in [0.1, 0.15) is 21.0 Å². The quantitative estimate of drug-likeness (QED) is 0.691. The zero-order valence-corrected chi connectivity index (χ0v) is 11.4. The van der Waals surface area contributed by atoms with Crippen molar-refractivity contribution in [1.29, 1.82) is 0 Å². The van der Waals surface area contributed by atoms with Crippen LogP contribution in [0.2, 0.25) is 10.0 Å². The van der Waals surface area contributed by atoms with Crippen LogP contribution in [0.4, 0.5) is 0 Å². The molecular formula is C10H6BrCl2N3O. The molecule has 0 amide bonds. The third kappa shape index (κ3) is 2.68. The molecule has 0 spiro atoms. The molecule has 1 aromatic heterocycles. The number of halogens is 3. The fourth-order valence-corrected chi connectivity index (χ4v) is 2.26. The predicted octanol–water partition coefficient (Wildman–Crippen LogP) is 3.43. The maximum Gasteiger partial charge on any atom is 0.185 e. The van der Waals surface area contributed by atoms with E-state index in [1.807, 2.05) is 0 Å². The smallest absolute Gasteiger partial charge is 0.185 e. The van der Waals surface area contributed by atoms with Crippen molar-refractivity contribution >= 4 is 44.9 Å². The first kappa shape index (κ1) is 12.5. The minimum Gasteiger partial charge on any atom is -0.292 e. The molecule has 0 aliphatic rings. The number of carbonyl (C=O) groups excluding carboxylic acids is 1. The van der Waals surface area contributed by atoms with Gasteiger partial charge in [0.2, 0.25) is 0 Å². The molecule has 0 saturated carbocycles. The Balaban J connectivity index is 2.31. The number of aromatic nitrogens is 3. The van der Waals surface area contributed by atoms with E-state index in [-0.39, 0.29) is 5.78 Å². The lowest BCUT2D eigenvalue weighted by Gasteiger charge is -2.07. The second-order valence-corrected chi connectivity index (χ2v) is 4.98. The third-order valence-corrected chi connectivity index (χ3v) is 3.50. The summed E-state index contributed by atoms with van der Waals surface area (Å²) in [6.07, 6.45) is 1.33. The maximum absolute atomic E-state index is 12.1. The van der Waals surface area contributed by atoms with Gasteiger partial charge in [0, 0.05) is 10.6 Å². The molecule has 0 fully saturated rings. The normalized spacial score (nSPS) is 12.4. The van der Waals surface area contributed by atoms with Crippen molar-refractivity contribution in [2.45, 2.75) is 4.83 Å². The van der Waals surface area contributed by atoms with Gasteiger partial charge in [0.1, 0.15) is 17.0 Å². The second kappa shape index (κ2) is 5.16. The number of nitrogens with one attached hydrogen (secondary N) is 1. The SMILES string of the molecule is O=C(c1ccc(Cl)cc1Cl)C(Br)c1ncn[nH]1. The molecule has 2 rings (SSSR count). The van der Waals surface area contributed by atoms with Crippen LogP contribution in [0.3, 0.4) is 0 Å². The fraction of sp³-hybridized carbons (Fsp3) is 0.100. The number of carbonyl (C=O) groups is 1. The molecule has 1 unspecified atom stereocenters. The van der Waals surface area contributed by atoms with Gasteiger partial charge in [0.15, 0.2) is 5.78 Å². The number of nitrogens with zero attached hydrogens (tertiary/aromatic N) is 2. The fourth-order valence-electron chi connectivity index (χ4n) is 1.29. The number of benzene rings is 1. The molecule has 1 N–H and O–H groups in total. The topological polar surface area (TPSA) is 58.6 Å². The first-order chi connectivity index (χ1) is 8.09. The Morgan fingerprint density at radius 3 is 2.76 bits per heavy atom. The summed E-state index contributed by atoms with van der Waals surface area (Å²) in [7, 11) is 0. The third-order valence-electron chi connectivity index (χ3n) is 2.10. The second-order valence-electron chi connectivity index (χ2n) is 3.22. The average Bonchev–Trinajstić information content (AvgIpc) is 2.80. The number of ketones is 1. The largest absolute Gasteiger partial charge is 0.292 e. The van der Waals surface area contributed by atoms with Crippen molar-refractivity contribution in [3.05, 3.63) is 46.0 Å². The van der Waals surface area contributed by atoms with Crippen molar-refractivity contribution in [2.75, 3.05) is 0 Å². The molecule has 0 radical (unpaired) electrons. The van der Waals surface area contributed by atoms with Gasteiger partial charge in [-0.1, -0.05) is 39.1 Å². The van der Waals surface area contributed by atoms with Gasteiger partial charge in [-0.05, 0) is 18.2 Å². The Morgan fingerprint density at radius 1 is 1.41 bits per heavy atom. The summed E-state index contributed by atoms with van der Waals surface area (Å²) in [6.45, 7) is 0. The van der Waals surface area contributed by atoms with Gasteiger partial charge in [-0.3, -0.25) is 9.89 Å². The molecule has 4 nitrogen and oxygen atoms in total. The first-order valence-corrected chi connectivity index (χ1v) is 6.25. The van der Waals surface area contributed by atoms with Crippen molar-refractivity contribution < 1.29 is 4.79 Å². The van der Waals surface area contributed by atoms with Gasteiger partial charge in [0.05, 0.1) is 5.02 Å². The average molecular weight is 335 g/mol.